The van der Waals surface area contributed by atoms with Crippen molar-refractivity contribution in [1.82, 2.24) is 9.97 Å². The standard InChI is InChI=1S/C25H24FN3O2S2/c1-2-31-21-8-5-9-22-24(21)28-25(33-22)29(17-19-7-3-4-15-27-19)23(30)10-6-16-32-20-13-11-18(26)12-14-20/h3-5,7-9,11-15H,2,6,10,16-17H2,1H3. The second-order valence-electron chi connectivity index (χ2n) is 7.24. The zero-order valence-corrected chi connectivity index (χ0v) is 19.9. The first kappa shape index (κ1) is 23.2. The molecule has 0 saturated heterocycles. The van der Waals surface area contributed by atoms with Crippen LogP contribution in [0.3, 0.4) is 0 Å². The number of carbonyl (C=O) groups is 1. The Morgan fingerprint density at radius 3 is 2.73 bits per heavy atom. The summed E-state index contributed by atoms with van der Waals surface area (Å²) in [5, 5.41) is 0.638. The minimum atomic E-state index is -0.247. The quantitative estimate of drug-likeness (QED) is 0.196. The Bertz CT molecular complexity index is 1200. The lowest BCUT2D eigenvalue weighted by Crippen LogP contribution is -2.30. The molecule has 0 fully saturated rings. The van der Waals surface area contributed by atoms with E-state index in [-0.39, 0.29) is 11.7 Å². The van der Waals surface area contributed by atoms with E-state index in [1.54, 1.807) is 35.0 Å². The molecule has 0 N–H and O–H groups in total. The van der Waals surface area contributed by atoms with Gasteiger partial charge in [-0.25, -0.2) is 9.37 Å². The summed E-state index contributed by atoms with van der Waals surface area (Å²) in [5.74, 6) is 1.24. The number of rotatable bonds is 10. The van der Waals surface area contributed by atoms with Gasteiger partial charge in [-0.2, -0.15) is 0 Å². The van der Waals surface area contributed by atoms with Gasteiger partial charge >= 0.3 is 0 Å². The van der Waals surface area contributed by atoms with E-state index in [2.05, 4.69) is 4.98 Å². The van der Waals surface area contributed by atoms with Gasteiger partial charge in [-0.3, -0.25) is 14.7 Å². The van der Waals surface area contributed by atoms with Crippen molar-refractivity contribution >= 4 is 44.4 Å². The van der Waals surface area contributed by atoms with Crippen molar-refractivity contribution in [3.63, 3.8) is 0 Å². The molecule has 0 atom stereocenters. The molecule has 8 heteroatoms. The number of pyridine rings is 1. The van der Waals surface area contributed by atoms with E-state index >= 15 is 0 Å². The van der Waals surface area contributed by atoms with Crippen LogP contribution in [0.2, 0.25) is 0 Å². The van der Waals surface area contributed by atoms with E-state index in [1.807, 2.05) is 43.3 Å². The molecule has 4 rings (SSSR count). The Kier molecular flexibility index (Phi) is 7.91. The van der Waals surface area contributed by atoms with E-state index in [0.29, 0.717) is 31.1 Å². The minimum absolute atomic E-state index is 0.00243. The summed E-state index contributed by atoms with van der Waals surface area (Å²) >= 11 is 3.09. The number of anilines is 1. The van der Waals surface area contributed by atoms with Crippen LogP contribution in [0, 0.1) is 5.82 Å². The molecule has 5 nitrogen and oxygen atoms in total. The van der Waals surface area contributed by atoms with Crippen molar-refractivity contribution in [2.75, 3.05) is 17.3 Å². The highest BCUT2D eigenvalue weighted by atomic mass is 32.2. The van der Waals surface area contributed by atoms with E-state index in [1.165, 1.54) is 23.5 Å². The van der Waals surface area contributed by atoms with Crippen LogP contribution in [0.1, 0.15) is 25.5 Å². The molecule has 0 aliphatic rings. The molecule has 0 unspecified atom stereocenters. The highest BCUT2D eigenvalue weighted by Crippen LogP contribution is 2.35. The van der Waals surface area contributed by atoms with Crippen molar-refractivity contribution in [2.24, 2.45) is 0 Å². The smallest absolute Gasteiger partial charge is 0.229 e. The lowest BCUT2D eigenvalue weighted by molar-refractivity contribution is -0.118. The first-order valence-corrected chi connectivity index (χ1v) is 12.5. The van der Waals surface area contributed by atoms with Gasteiger partial charge in [-0.1, -0.05) is 23.5 Å². The SMILES string of the molecule is CCOc1cccc2sc(N(Cc3ccccn3)C(=O)CCCSc3ccc(F)cc3)nc12. The highest BCUT2D eigenvalue weighted by Gasteiger charge is 2.21. The fourth-order valence-corrected chi connectivity index (χ4v) is 5.15. The van der Waals surface area contributed by atoms with Gasteiger partial charge in [0.2, 0.25) is 5.91 Å². The van der Waals surface area contributed by atoms with Gasteiger partial charge in [0.25, 0.3) is 0 Å². The van der Waals surface area contributed by atoms with Crippen LogP contribution in [-0.4, -0.2) is 28.2 Å². The Morgan fingerprint density at radius 2 is 1.97 bits per heavy atom. The zero-order chi connectivity index (χ0) is 23.0. The predicted octanol–water partition coefficient (Wildman–Crippen LogP) is 6.33. The van der Waals surface area contributed by atoms with Gasteiger partial charge in [0, 0.05) is 17.5 Å². The molecule has 0 radical (unpaired) electrons. The monoisotopic (exact) mass is 481 g/mol. The number of hydrogen-bond donors (Lipinski definition) is 0. The highest BCUT2D eigenvalue weighted by molar-refractivity contribution is 7.99. The molecule has 0 spiro atoms. The van der Waals surface area contributed by atoms with Crippen LogP contribution in [0.15, 0.2) is 71.8 Å². The first-order valence-electron chi connectivity index (χ1n) is 10.7. The van der Waals surface area contributed by atoms with E-state index < -0.39 is 0 Å². The molecule has 2 aromatic carbocycles. The van der Waals surface area contributed by atoms with Crippen molar-refractivity contribution in [2.45, 2.75) is 31.2 Å². The average Bonchev–Trinajstić information content (AvgIpc) is 3.27. The lowest BCUT2D eigenvalue weighted by atomic mass is 10.2. The van der Waals surface area contributed by atoms with Crippen LogP contribution in [0.25, 0.3) is 10.2 Å². The summed E-state index contributed by atoms with van der Waals surface area (Å²) in [4.78, 5) is 25.1. The molecule has 0 aliphatic carbocycles. The van der Waals surface area contributed by atoms with Gasteiger partial charge < -0.3 is 4.74 Å². The van der Waals surface area contributed by atoms with Crippen LogP contribution < -0.4 is 9.64 Å². The van der Waals surface area contributed by atoms with Gasteiger partial charge in [0.15, 0.2) is 5.13 Å². The largest absolute Gasteiger partial charge is 0.492 e. The number of aromatic nitrogens is 2. The summed E-state index contributed by atoms with van der Waals surface area (Å²) in [6.07, 6.45) is 2.81. The number of para-hydroxylation sites is 1. The Labute approximate surface area is 200 Å². The maximum atomic E-state index is 13.3. The van der Waals surface area contributed by atoms with Crippen LogP contribution >= 0.6 is 23.1 Å². The molecule has 4 aromatic rings. The number of ether oxygens (including phenoxy) is 1. The summed E-state index contributed by atoms with van der Waals surface area (Å²) in [6.45, 7) is 2.84. The van der Waals surface area contributed by atoms with Gasteiger partial charge in [0.1, 0.15) is 17.1 Å². The number of fused-ring (bicyclic) bond motifs is 1. The summed E-state index contributed by atoms with van der Waals surface area (Å²) in [5.41, 5.74) is 1.57. The number of thioether (sulfide) groups is 1. The fraction of sp³-hybridized carbons (Fsp3) is 0.240. The molecule has 0 aliphatic heterocycles. The normalized spacial score (nSPS) is 11.0. The molecule has 2 aromatic heterocycles. The number of thiazole rings is 1. The van der Waals surface area contributed by atoms with Crippen molar-refractivity contribution in [3.05, 3.63) is 78.4 Å². The maximum absolute atomic E-state index is 13.3. The fourth-order valence-electron chi connectivity index (χ4n) is 3.29. The first-order chi connectivity index (χ1) is 16.1. The van der Waals surface area contributed by atoms with Crippen molar-refractivity contribution in [3.8, 4) is 5.75 Å². The van der Waals surface area contributed by atoms with E-state index in [0.717, 1.165) is 32.3 Å². The average molecular weight is 482 g/mol. The topological polar surface area (TPSA) is 55.3 Å². The Hall–Kier alpha value is -2.97. The van der Waals surface area contributed by atoms with E-state index in [9.17, 15) is 9.18 Å². The van der Waals surface area contributed by atoms with Crippen LogP contribution in [0.5, 0.6) is 5.75 Å². The Balaban J connectivity index is 1.49. The maximum Gasteiger partial charge on any atom is 0.229 e. The van der Waals surface area contributed by atoms with Gasteiger partial charge in [0.05, 0.1) is 23.5 Å². The van der Waals surface area contributed by atoms with Crippen molar-refractivity contribution in [1.29, 1.82) is 0 Å². The van der Waals surface area contributed by atoms with Gasteiger partial charge in [-0.05, 0) is 67.6 Å². The number of benzene rings is 2. The van der Waals surface area contributed by atoms with E-state index in [4.69, 9.17) is 9.72 Å². The van der Waals surface area contributed by atoms with Crippen LogP contribution in [-0.2, 0) is 11.3 Å². The van der Waals surface area contributed by atoms with Gasteiger partial charge in [-0.15, -0.1) is 11.8 Å². The number of amides is 1. The third-order valence-electron chi connectivity index (χ3n) is 4.87. The molecular weight excluding hydrogens is 457 g/mol. The number of nitrogens with zero attached hydrogens (tertiary/aromatic N) is 3. The molecule has 0 saturated carbocycles. The molecule has 2 heterocycles. The van der Waals surface area contributed by atoms with Crippen LogP contribution in [0.4, 0.5) is 9.52 Å². The summed E-state index contributed by atoms with van der Waals surface area (Å²) < 4.78 is 19.8. The third kappa shape index (κ3) is 6.09. The molecule has 170 valence electrons. The lowest BCUT2D eigenvalue weighted by Gasteiger charge is -2.19. The zero-order valence-electron chi connectivity index (χ0n) is 18.2. The summed E-state index contributed by atoms with van der Waals surface area (Å²) in [6, 6.07) is 17.9. The molecule has 33 heavy (non-hydrogen) atoms. The molecule has 1 amide bonds. The number of carbonyl (C=O) groups excluding carboxylic acids is 1. The number of hydrogen-bond acceptors (Lipinski definition) is 6. The Morgan fingerprint density at radius 1 is 1.12 bits per heavy atom. The number of halogens is 1. The minimum Gasteiger partial charge on any atom is -0.492 e. The second kappa shape index (κ2) is 11.2. The van der Waals surface area contributed by atoms with Crippen molar-refractivity contribution < 1.29 is 13.9 Å². The second-order valence-corrected chi connectivity index (χ2v) is 9.42. The third-order valence-corrected chi connectivity index (χ3v) is 7.01. The molecule has 0 bridgehead atoms. The predicted molar refractivity (Wildman–Crippen MR) is 133 cm³/mol. The summed E-state index contributed by atoms with van der Waals surface area (Å²) in [7, 11) is 0. The molecular formula is C25H24FN3O2S2.